The van der Waals surface area contributed by atoms with Crippen LogP contribution in [-0.2, 0) is 50.1 Å². The summed E-state index contributed by atoms with van der Waals surface area (Å²) in [6.07, 6.45) is -1.54. The quantitative estimate of drug-likeness (QED) is 0.165. The number of benzene rings is 4. The zero-order valence-corrected chi connectivity index (χ0v) is 24.8. The van der Waals surface area contributed by atoms with E-state index in [-0.39, 0.29) is 6.61 Å². The third kappa shape index (κ3) is 8.83. The number of rotatable bonds is 15. The second-order valence-corrected chi connectivity index (χ2v) is 11.0. The van der Waals surface area contributed by atoms with Crippen molar-refractivity contribution in [3.8, 4) is 0 Å². The van der Waals surface area contributed by atoms with Gasteiger partial charge in [0.05, 0.1) is 33.0 Å². The van der Waals surface area contributed by atoms with Crippen molar-refractivity contribution in [1.82, 2.24) is 0 Å². The Balaban J connectivity index is 1.44. The van der Waals surface area contributed by atoms with Crippen LogP contribution < -0.4 is 0 Å². The molecule has 0 amide bonds. The lowest BCUT2D eigenvalue weighted by Crippen LogP contribution is -2.67. The van der Waals surface area contributed by atoms with Gasteiger partial charge in [-0.1, -0.05) is 135 Å². The minimum atomic E-state index is -1.60. The van der Waals surface area contributed by atoms with E-state index >= 15 is 0 Å². The standard InChI is InChI=1S/C37H42O6/c1-2-23-37(38)36(42-27-32-21-13-6-14-22-32)35(41-26-31-19-11-5-12-20-31)34(40-25-30-17-9-4-10-18-30)33(43-37)28-39-24-29-15-7-3-8-16-29/h3-22,33-36,38H,2,23-28H2,1H3/t33-,34-,35+,36+,37+/m1/s1. The van der Waals surface area contributed by atoms with Crippen molar-refractivity contribution in [3.63, 3.8) is 0 Å². The van der Waals surface area contributed by atoms with Gasteiger partial charge in [0.1, 0.15) is 24.4 Å². The van der Waals surface area contributed by atoms with E-state index in [4.69, 9.17) is 23.7 Å². The van der Waals surface area contributed by atoms with E-state index in [1.54, 1.807) is 0 Å². The van der Waals surface area contributed by atoms with Crippen LogP contribution in [0.2, 0.25) is 0 Å². The van der Waals surface area contributed by atoms with Crippen LogP contribution in [0.5, 0.6) is 0 Å². The fraction of sp³-hybridized carbons (Fsp3) is 0.351. The lowest BCUT2D eigenvalue weighted by atomic mass is 9.89. The molecule has 0 spiro atoms. The van der Waals surface area contributed by atoms with E-state index in [1.807, 2.05) is 128 Å². The molecular weight excluding hydrogens is 540 g/mol. The molecule has 1 fully saturated rings. The highest BCUT2D eigenvalue weighted by atomic mass is 16.7. The van der Waals surface area contributed by atoms with Gasteiger partial charge < -0.3 is 28.8 Å². The fourth-order valence-electron chi connectivity index (χ4n) is 5.50. The van der Waals surface area contributed by atoms with E-state index in [1.165, 1.54) is 0 Å². The minimum Gasteiger partial charge on any atom is -0.374 e. The highest BCUT2D eigenvalue weighted by Gasteiger charge is 2.55. The van der Waals surface area contributed by atoms with Gasteiger partial charge in [-0.2, -0.15) is 0 Å². The first-order chi connectivity index (χ1) is 21.1. The van der Waals surface area contributed by atoms with Gasteiger partial charge in [0, 0.05) is 6.42 Å². The van der Waals surface area contributed by atoms with Gasteiger partial charge in [0.25, 0.3) is 0 Å². The van der Waals surface area contributed by atoms with Gasteiger partial charge in [0.2, 0.25) is 0 Å². The molecule has 0 aromatic heterocycles. The predicted molar refractivity (Wildman–Crippen MR) is 166 cm³/mol. The van der Waals surface area contributed by atoms with Crippen molar-refractivity contribution in [1.29, 1.82) is 0 Å². The minimum absolute atomic E-state index is 0.219. The van der Waals surface area contributed by atoms with Gasteiger partial charge in [-0.3, -0.25) is 0 Å². The van der Waals surface area contributed by atoms with Crippen LogP contribution in [0, 0.1) is 0 Å². The molecule has 4 aromatic carbocycles. The summed E-state index contributed by atoms with van der Waals surface area (Å²) in [5.41, 5.74) is 4.11. The van der Waals surface area contributed by atoms with Gasteiger partial charge in [-0.05, 0) is 22.3 Å². The summed E-state index contributed by atoms with van der Waals surface area (Å²) in [6, 6.07) is 40.0. The van der Waals surface area contributed by atoms with Crippen LogP contribution in [0.15, 0.2) is 121 Å². The number of hydrogen-bond donors (Lipinski definition) is 1. The smallest absolute Gasteiger partial charge is 0.195 e. The van der Waals surface area contributed by atoms with Crippen LogP contribution in [0.3, 0.4) is 0 Å². The molecule has 1 saturated heterocycles. The highest BCUT2D eigenvalue weighted by molar-refractivity contribution is 5.16. The Hall–Kier alpha value is -3.36. The summed E-state index contributed by atoms with van der Waals surface area (Å²) >= 11 is 0. The molecule has 4 aromatic rings. The van der Waals surface area contributed by atoms with E-state index in [0.717, 1.165) is 22.3 Å². The van der Waals surface area contributed by atoms with Crippen LogP contribution in [0.4, 0.5) is 0 Å². The Morgan fingerprint density at radius 2 is 1.00 bits per heavy atom. The average Bonchev–Trinajstić information content (AvgIpc) is 3.05. The van der Waals surface area contributed by atoms with E-state index in [9.17, 15) is 5.11 Å². The maximum absolute atomic E-state index is 12.1. The summed E-state index contributed by atoms with van der Waals surface area (Å²) in [5.74, 6) is -1.60. The Morgan fingerprint density at radius 3 is 1.47 bits per heavy atom. The Morgan fingerprint density at radius 1 is 0.581 bits per heavy atom. The van der Waals surface area contributed by atoms with Gasteiger partial charge in [-0.25, -0.2) is 0 Å². The molecule has 6 nitrogen and oxygen atoms in total. The molecule has 5 atom stereocenters. The molecule has 6 heteroatoms. The Kier molecular flexibility index (Phi) is 11.5. The molecule has 0 aliphatic carbocycles. The molecule has 5 rings (SSSR count). The van der Waals surface area contributed by atoms with Crippen molar-refractivity contribution in [2.45, 2.75) is 76.4 Å². The van der Waals surface area contributed by atoms with E-state index < -0.39 is 30.2 Å². The van der Waals surface area contributed by atoms with Crippen molar-refractivity contribution in [2.75, 3.05) is 6.61 Å². The maximum atomic E-state index is 12.1. The first-order valence-corrected chi connectivity index (χ1v) is 15.1. The number of hydrogen-bond acceptors (Lipinski definition) is 6. The van der Waals surface area contributed by atoms with E-state index in [0.29, 0.717) is 39.3 Å². The topological polar surface area (TPSA) is 66.4 Å². The summed E-state index contributed by atoms with van der Waals surface area (Å²) < 4.78 is 32.5. The van der Waals surface area contributed by atoms with E-state index in [2.05, 4.69) is 0 Å². The van der Waals surface area contributed by atoms with Gasteiger partial charge >= 0.3 is 0 Å². The zero-order valence-electron chi connectivity index (χ0n) is 24.8. The molecule has 1 heterocycles. The molecule has 1 aliphatic heterocycles. The monoisotopic (exact) mass is 582 g/mol. The van der Waals surface area contributed by atoms with Crippen molar-refractivity contribution >= 4 is 0 Å². The predicted octanol–water partition coefficient (Wildman–Crippen LogP) is 6.85. The van der Waals surface area contributed by atoms with Crippen LogP contribution in [0.25, 0.3) is 0 Å². The highest BCUT2D eigenvalue weighted by Crippen LogP contribution is 2.38. The largest absolute Gasteiger partial charge is 0.374 e. The first kappa shape index (κ1) is 31.1. The van der Waals surface area contributed by atoms with Gasteiger partial charge in [0.15, 0.2) is 5.79 Å². The number of ether oxygens (including phenoxy) is 5. The normalized spacial score (nSPS) is 23.7. The average molecular weight is 583 g/mol. The SMILES string of the molecule is CCC[C@]1(O)O[C@H](COCc2ccccc2)[C@@H](OCc2ccccc2)[C@H](OCc2ccccc2)[C@@H]1OCc1ccccc1. The van der Waals surface area contributed by atoms with Gasteiger partial charge in [-0.15, -0.1) is 0 Å². The first-order valence-electron chi connectivity index (χ1n) is 15.1. The Labute approximate surface area is 255 Å². The third-order valence-corrected chi connectivity index (χ3v) is 7.63. The maximum Gasteiger partial charge on any atom is 0.195 e. The third-order valence-electron chi connectivity index (χ3n) is 7.63. The van der Waals surface area contributed by atoms with Crippen molar-refractivity contribution < 1.29 is 28.8 Å². The summed E-state index contributed by atoms with van der Waals surface area (Å²) in [5, 5.41) is 12.1. The molecule has 1 aliphatic rings. The molecular formula is C37H42O6. The fourth-order valence-corrected chi connectivity index (χ4v) is 5.50. The molecule has 226 valence electrons. The second kappa shape index (κ2) is 15.9. The van der Waals surface area contributed by atoms with Crippen LogP contribution >= 0.6 is 0 Å². The zero-order chi connectivity index (χ0) is 29.7. The molecule has 0 radical (unpaired) electrons. The number of aliphatic hydroxyl groups is 1. The molecule has 43 heavy (non-hydrogen) atoms. The lowest BCUT2D eigenvalue weighted by Gasteiger charge is -2.50. The molecule has 1 N–H and O–H groups in total. The summed E-state index contributed by atoms with van der Waals surface area (Å²) in [4.78, 5) is 0. The summed E-state index contributed by atoms with van der Waals surface area (Å²) in [7, 11) is 0. The summed E-state index contributed by atoms with van der Waals surface area (Å²) in [6.45, 7) is 3.65. The lowest BCUT2D eigenvalue weighted by molar-refractivity contribution is -0.372. The van der Waals surface area contributed by atoms with Crippen molar-refractivity contribution in [3.05, 3.63) is 144 Å². The molecule has 0 unspecified atom stereocenters. The Bertz CT molecular complexity index is 1320. The van der Waals surface area contributed by atoms with Crippen molar-refractivity contribution in [2.24, 2.45) is 0 Å². The molecule has 0 saturated carbocycles. The molecule has 0 bridgehead atoms. The second-order valence-electron chi connectivity index (χ2n) is 11.0. The van der Waals surface area contributed by atoms with Crippen LogP contribution in [0.1, 0.15) is 42.0 Å². The van der Waals surface area contributed by atoms with Crippen LogP contribution in [-0.4, -0.2) is 41.9 Å².